The summed E-state index contributed by atoms with van der Waals surface area (Å²) in [5.74, 6) is -0.0646. The molecule has 0 N–H and O–H groups in total. The summed E-state index contributed by atoms with van der Waals surface area (Å²) in [5.41, 5.74) is 0.513. The van der Waals surface area contributed by atoms with Crippen LogP contribution in [-0.4, -0.2) is 32.6 Å². The van der Waals surface area contributed by atoms with E-state index in [4.69, 9.17) is 4.42 Å². The summed E-state index contributed by atoms with van der Waals surface area (Å²) in [7, 11) is 1.28. The molecule has 0 aromatic carbocycles. The molecular weight excluding hydrogens is 392 g/mol. The number of rotatable bonds is 4. The minimum absolute atomic E-state index is 0.0786. The van der Waals surface area contributed by atoms with Crippen molar-refractivity contribution in [3.8, 4) is 10.6 Å². The molecule has 8 nitrogen and oxygen atoms in total. The maximum atomic E-state index is 13.3. The fourth-order valence-electron chi connectivity index (χ4n) is 3.10. The highest BCUT2D eigenvalue weighted by Crippen LogP contribution is 2.30. The number of carbonyl (C=O) groups excluding carboxylic acids is 1. The first kappa shape index (κ1) is 19.1. The summed E-state index contributed by atoms with van der Waals surface area (Å²) in [4.78, 5) is 25.9. The van der Waals surface area contributed by atoms with Crippen LogP contribution in [0.1, 0.15) is 37.1 Å². The van der Waals surface area contributed by atoms with Crippen molar-refractivity contribution in [2.45, 2.75) is 32.9 Å². The van der Waals surface area contributed by atoms with E-state index < -0.39 is 5.97 Å². The van der Waals surface area contributed by atoms with Gasteiger partial charge in [-0.1, -0.05) is 6.07 Å². The molecule has 0 aliphatic heterocycles. The van der Waals surface area contributed by atoms with Gasteiger partial charge in [0.25, 0.3) is 5.56 Å². The lowest BCUT2D eigenvalue weighted by Gasteiger charge is -2.20. The van der Waals surface area contributed by atoms with Crippen LogP contribution in [0.4, 0.5) is 0 Å². The Kier molecular flexibility index (Phi) is 4.62. The molecule has 150 valence electrons. The zero-order valence-corrected chi connectivity index (χ0v) is 17.3. The van der Waals surface area contributed by atoms with Crippen molar-refractivity contribution in [1.82, 2.24) is 19.6 Å². The van der Waals surface area contributed by atoms with Crippen molar-refractivity contribution in [3.05, 3.63) is 57.7 Å². The number of thiophene rings is 1. The number of hydrogen-bond donors (Lipinski definition) is 0. The summed E-state index contributed by atoms with van der Waals surface area (Å²) in [6.07, 6.45) is 1.69. The predicted octanol–water partition coefficient (Wildman–Crippen LogP) is 3.50. The lowest BCUT2D eigenvalue weighted by atomic mass is 10.1. The van der Waals surface area contributed by atoms with Crippen LogP contribution in [0.3, 0.4) is 0 Å². The Bertz CT molecular complexity index is 1240. The molecule has 0 bridgehead atoms. The highest BCUT2D eigenvalue weighted by Gasteiger charge is 2.24. The average molecular weight is 412 g/mol. The van der Waals surface area contributed by atoms with E-state index in [1.54, 1.807) is 16.9 Å². The summed E-state index contributed by atoms with van der Waals surface area (Å²) in [6, 6.07) is 7.05. The minimum Gasteiger partial charge on any atom is -0.463 e. The number of ether oxygens (including phenoxy) is 1. The molecule has 0 saturated carbocycles. The van der Waals surface area contributed by atoms with Gasteiger partial charge in [-0.25, -0.2) is 9.48 Å². The van der Waals surface area contributed by atoms with E-state index in [2.05, 4.69) is 14.9 Å². The number of carbonyl (C=O) groups is 1. The summed E-state index contributed by atoms with van der Waals surface area (Å²) < 4.78 is 13.3. The summed E-state index contributed by atoms with van der Waals surface area (Å²) in [6.45, 7) is 6.05. The van der Waals surface area contributed by atoms with Gasteiger partial charge in [-0.2, -0.15) is 10.2 Å². The highest BCUT2D eigenvalue weighted by atomic mass is 32.1. The monoisotopic (exact) mass is 412 g/mol. The molecule has 0 spiro atoms. The van der Waals surface area contributed by atoms with Crippen molar-refractivity contribution in [3.63, 3.8) is 0 Å². The molecule has 0 aliphatic carbocycles. The molecule has 0 atom stereocenters. The fourth-order valence-corrected chi connectivity index (χ4v) is 3.82. The maximum Gasteiger partial charge on any atom is 0.373 e. The Hall–Kier alpha value is -3.20. The van der Waals surface area contributed by atoms with Gasteiger partial charge in [0.1, 0.15) is 23.5 Å². The lowest BCUT2D eigenvalue weighted by Crippen LogP contribution is -2.30. The Morgan fingerprint density at radius 1 is 1.28 bits per heavy atom. The second-order valence-corrected chi connectivity index (χ2v) is 8.48. The number of esters is 1. The highest BCUT2D eigenvalue weighted by molar-refractivity contribution is 7.13. The Balaban J connectivity index is 1.90. The first-order valence-corrected chi connectivity index (χ1v) is 9.88. The van der Waals surface area contributed by atoms with Gasteiger partial charge in [-0.05, 0) is 44.4 Å². The predicted molar refractivity (Wildman–Crippen MR) is 109 cm³/mol. The number of hydrogen-bond acceptors (Lipinski definition) is 7. The fraction of sp³-hybridized carbons (Fsp3) is 0.300. The lowest BCUT2D eigenvalue weighted by molar-refractivity contribution is 0.0562. The van der Waals surface area contributed by atoms with Gasteiger partial charge in [0, 0.05) is 0 Å². The Morgan fingerprint density at radius 2 is 2.07 bits per heavy atom. The van der Waals surface area contributed by atoms with Gasteiger partial charge < -0.3 is 9.15 Å². The van der Waals surface area contributed by atoms with Gasteiger partial charge in [0.05, 0.1) is 29.1 Å². The van der Waals surface area contributed by atoms with E-state index in [1.165, 1.54) is 29.2 Å². The quantitative estimate of drug-likeness (QED) is 0.476. The van der Waals surface area contributed by atoms with Crippen LogP contribution in [0.2, 0.25) is 0 Å². The van der Waals surface area contributed by atoms with E-state index in [-0.39, 0.29) is 23.4 Å². The molecule has 0 radical (unpaired) electrons. The molecule has 4 aromatic rings. The maximum absolute atomic E-state index is 13.3. The number of methoxy groups -OCH3 is 1. The van der Waals surface area contributed by atoms with Crippen LogP contribution in [-0.2, 0) is 16.8 Å². The third-order valence-corrected chi connectivity index (χ3v) is 5.30. The van der Waals surface area contributed by atoms with Crippen molar-refractivity contribution in [1.29, 1.82) is 0 Å². The Morgan fingerprint density at radius 3 is 2.72 bits per heavy atom. The van der Waals surface area contributed by atoms with Crippen molar-refractivity contribution >= 4 is 28.2 Å². The van der Waals surface area contributed by atoms with Crippen LogP contribution in [0.5, 0.6) is 0 Å². The molecule has 0 fully saturated rings. The van der Waals surface area contributed by atoms with E-state index in [0.29, 0.717) is 22.4 Å². The largest absolute Gasteiger partial charge is 0.463 e. The summed E-state index contributed by atoms with van der Waals surface area (Å²) in [5, 5.41) is 11.7. The zero-order valence-electron chi connectivity index (χ0n) is 16.5. The van der Waals surface area contributed by atoms with Gasteiger partial charge in [-0.3, -0.25) is 9.48 Å². The van der Waals surface area contributed by atoms with E-state index in [0.717, 1.165) is 4.88 Å². The standard InChI is InChI=1S/C20H20N4O4S/c1-20(2,3)24-17-13(10-21-24)16(15-6-5-9-29-15)22-23(18(17)25)11-12-7-8-14(28-12)19(26)27-4/h5-10H,11H2,1-4H3. The van der Waals surface area contributed by atoms with E-state index in [1.807, 2.05) is 38.3 Å². The third-order valence-electron chi connectivity index (χ3n) is 4.43. The second-order valence-electron chi connectivity index (χ2n) is 7.54. The van der Waals surface area contributed by atoms with Crippen LogP contribution < -0.4 is 5.56 Å². The molecule has 0 saturated heterocycles. The number of fused-ring (bicyclic) bond motifs is 1. The van der Waals surface area contributed by atoms with Crippen LogP contribution in [0.25, 0.3) is 21.5 Å². The van der Waals surface area contributed by atoms with E-state index in [9.17, 15) is 9.59 Å². The van der Waals surface area contributed by atoms with Crippen LogP contribution >= 0.6 is 11.3 Å². The summed E-state index contributed by atoms with van der Waals surface area (Å²) >= 11 is 1.54. The molecule has 4 heterocycles. The van der Waals surface area contributed by atoms with Gasteiger partial charge >= 0.3 is 5.97 Å². The number of aromatic nitrogens is 4. The van der Waals surface area contributed by atoms with Crippen LogP contribution in [0, 0.1) is 0 Å². The molecule has 9 heteroatoms. The molecule has 0 unspecified atom stereocenters. The molecule has 4 rings (SSSR count). The normalized spacial score (nSPS) is 11.9. The molecular formula is C20H20N4O4S. The smallest absolute Gasteiger partial charge is 0.373 e. The molecule has 4 aromatic heterocycles. The van der Waals surface area contributed by atoms with E-state index >= 15 is 0 Å². The molecule has 0 aliphatic rings. The van der Waals surface area contributed by atoms with Crippen molar-refractivity contribution in [2.75, 3.05) is 7.11 Å². The SMILES string of the molecule is COC(=O)c1ccc(Cn2nc(-c3cccs3)c3cnn(C(C)(C)C)c3c2=O)o1. The minimum atomic E-state index is -0.572. The van der Waals surface area contributed by atoms with Crippen molar-refractivity contribution < 1.29 is 13.9 Å². The first-order valence-electron chi connectivity index (χ1n) is 9.00. The Labute approximate surface area is 170 Å². The number of furan rings is 1. The number of nitrogens with zero attached hydrogens (tertiary/aromatic N) is 4. The van der Waals surface area contributed by atoms with Crippen molar-refractivity contribution in [2.24, 2.45) is 0 Å². The average Bonchev–Trinajstić information content (AvgIpc) is 3.43. The second kappa shape index (κ2) is 7.00. The van der Waals surface area contributed by atoms with Gasteiger partial charge in [-0.15, -0.1) is 11.3 Å². The first-order chi connectivity index (χ1) is 13.8. The third kappa shape index (κ3) is 3.38. The molecule has 0 amide bonds. The van der Waals surface area contributed by atoms with Crippen LogP contribution in [0.15, 0.2) is 45.1 Å². The molecule has 29 heavy (non-hydrogen) atoms. The zero-order chi connectivity index (χ0) is 20.8. The topological polar surface area (TPSA) is 92.2 Å². The van der Waals surface area contributed by atoms with Gasteiger partial charge in [0.2, 0.25) is 5.76 Å². The van der Waals surface area contributed by atoms with Gasteiger partial charge in [0.15, 0.2) is 0 Å².